The molecule has 0 aliphatic rings. The Hall–Kier alpha value is -2.73. The van der Waals surface area contributed by atoms with E-state index < -0.39 is 0 Å². The van der Waals surface area contributed by atoms with E-state index in [-0.39, 0.29) is 5.91 Å². The molecule has 5 nitrogen and oxygen atoms in total. The van der Waals surface area contributed by atoms with Crippen LogP contribution in [0.1, 0.15) is 21.5 Å². The number of aromatic nitrogens is 2. The van der Waals surface area contributed by atoms with Crippen LogP contribution in [0.5, 0.6) is 0 Å². The van der Waals surface area contributed by atoms with Gasteiger partial charge in [0.25, 0.3) is 5.91 Å². The molecule has 1 heterocycles. The van der Waals surface area contributed by atoms with Crippen molar-refractivity contribution in [2.45, 2.75) is 13.8 Å². The highest BCUT2D eigenvalue weighted by Crippen LogP contribution is 2.22. The summed E-state index contributed by atoms with van der Waals surface area (Å²) >= 11 is 3.49. The number of anilines is 3. The van der Waals surface area contributed by atoms with Crippen LogP contribution >= 0.6 is 15.9 Å². The molecular formula is C19H17BrN4O. The van der Waals surface area contributed by atoms with Gasteiger partial charge in [-0.1, -0.05) is 39.7 Å². The summed E-state index contributed by atoms with van der Waals surface area (Å²) in [7, 11) is 0. The van der Waals surface area contributed by atoms with E-state index in [1.54, 1.807) is 0 Å². The molecule has 2 N–H and O–H groups in total. The number of halogens is 1. The van der Waals surface area contributed by atoms with Crippen molar-refractivity contribution in [2.75, 3.05) is 10.6 Å². The lowest BCUT2D eigenvalue weighted by molar-refractivity contribution is 0.102. The fourth-order valence-electron chi connectivity index (χ4n) is 2.15. The number of carbonyl (C=O) groups is 1. The number of hydrogen-bond donors (Lipinski definition) is 2. The summed E-state index contributed by atoms with van der Waals surface area (Å²) in [6.07, 6.45) is 3.00. The molecule has 0 spiro atoms. The summed E-state index contributed by atoms with van der Waals surface area (Å²) in [5, 5.41) is 5.93. The van der Waals surface area contributed by atoms with Gasteiger partial charge in [-0.3, -0.25) is 4.79 Å². The highest BCUT2D eigenvalue weighted by atomic mass is 79.9. The minimum atomic E-state index is -0.242. The van der Waals surface area contributed by atoms with Crippen molar-refractivity contribution < 1.29 is 4.79 Å². The third kappa shape index (κ3) is 4.42. The van der Waals surface area contributed by atoms with Gasteiger partial charge in [0.2, 0.25) is 5.95 Å². The fourth-order valence-corrected chi connectivity index (χ4v) is 2.53. The van der Waals surface area contributed by atoms with Crippen LogP contribution in [0.15, 0.2) is 59.3 Å². The molecule has 0 saturated carbocycles. The SMILES string of the molecule is Cc1ccc(NC(=O)c2cnc(Nc3ccc(C)c(Br)c3)nc2)cc1. The summed E-state index contributed by atoms with van der Waals surface area (Å²) in [5.41, 5.74) is 4.29. The highest BCUT2D eigenvalue weighted by molar-refractivity contribution is 9.10. The number of aryl methyl sites for hydroxylation is 2. The molecule has 2 aromatic carbocycles. The van der Waals surface area contributed by atoms with Crippen LogP contribution in [0, 0.1) is 13.8 Å². The molecule has 6 heteroatoms. The first kappa shape index (κ1) is 17.1. The molecule has 126 valence electrons. The van der Waals surface area contributed by atoms with Crippen LogP contribution in [-0.2, 0) is 0 Å². The molecule has 3 rings (SSSR count). The second kappa shape index (κ2) is 7.44. The Morgan fingerprint density at radius 1 is 0.960 bits per heavy atom. The van der Waals surface area contributed by atoms with E-state index in [1.807, 2.05) is 56.3 Å². The Kier molecular flexibility index (Phi) is 5.09. The number of rotatable bonds is 4. The van der Waals surface area contributed by atoms with Crippen molar-refractivity contribution in [2.24, 2.45) is 0 Å². The molecule has 0 aliphatic carbocycles. The van der Waals surface area contributed by atoms with Gasteiger partial charge in [-0.15, -0.1) is 0 Å². The molecule has 0 unspecified atom stereocenters. The maximum absolute atomic E-state index is 12.2. The van der Waals surface area contributed by atoms with Crippen molar-refractivity contribution in [1.82, 2.24) is 9.97 Å². The second-order valence-electron chi connectivity index (χ2n) is 5.70. The molecule has 3 aromatic rings. The third-order valence-electron chi connectivity index (χ3n) is 3.65. The van der Waals surface area contributed by atoms with E-state index in [0.717, 1.165) is 27.0 Å². The van der Waals surface area contributed by atoms with Gasteiger partial charge in [0.05, 0.1) is 5.56 Å². The summed E-state index contributed by atoms with van der Waals surface area (Å²) in [5.74, 6) is 0.191. The molecule has 0 radical (unpaired) electrons. The molecule has 0 aliphatic heterocycles. The lowest BCUT2D eigenvalue weighted by atomic mass is 10.2. The van der Waals surface area contributed by atoms with Gasteiger partial charge in [-0.05, 0) is 43.7 Å². The first-order chi connectivity index (χ1) is 12.0. The van der Waals surface area contributed by atoms with E-state index in [1.165, 1.54) is 12.4 Å². The first-order valence-corrected chi connectivity index (χ1v) is 8.54. The molecule has 0 fully saturated rings. The normalized spacial score (nSPS) is 10.4. The Balaban J connectivity index is 1.67. The Labute approximate surface area is 154 Å². The maximum Gasteiger partial charge on any atom is 0.258 e. The largest absolute Gasteiger partial charge is 0.324 e. The quantitative estimate of drug-likeness (QED) is 0.661. The fraction of sp³-hybridized carbons (Fsp3) is 0.105. The smallest absolute Gasteiger partial charge is 0.258 e. The number of benzene rings is 2. The van der Waals surface area contributed by atoms with Crippen LogP contribution in [-0.4, -0.2) is 15.9 Å². The third-order valence-corrected chi connectivity index (χ3v) is 4.51. The monoisotopic (exact) mass is 396 g/mol. The van der Waals surface area contributed by atoms with E-state index >= 15 is 0 Å². The predicted octanol–water partition coefficient (Wildman–Crippen LogP) is 4.85. The van der Waals surface area contributed by atoms with Crippen LogP contribution in [0.2, 0.25) is 0 Å². The average molecular weight is 397 g/mol. The minimum absolute atomic E-state index is 0.242. The van der Waals surface area contributed by atoms with Crippen molar-refractivity contribution in [3.05, 3.63) is 76.0 Å². The topological polar surface area (TPSA) is 66.9 Å². The number of hydrogen-bond acceptors (Lipinski definition) is 4. The maximum atomic E-state index is 12.2. The molecular weight excluding hydrogens is 380 g/mol. The summed E-state index contributed by atoms with van der Waals surface area (Å²) < 4.78 is 1.01. The van der Waals surface area contributed by atoms with E-state index in [4.69, 9.17) is 0 Å². The van der Waals surface area contributed by atoms with E-state index in [0.29, 0.717) is 11.5 Å². The van der Waals surface area contributed by atoms with Gasteiger partial charge in [0.15, 0.2) is 0 Å². The zero-order valence-corrected chi connectivity index (χ0v) is 15.5. The minimum Gasteiger partial charge on any atom is -0.324 e. The number of carbonyl (C=O) groups excluding carboxylic acids is 1. The number of amides is 1. The first-order valence-electron chi connectivity index (χ1n) is 7.74. The lowest BCUT2D eigenvalue weighted by Gasteiger charge is -2.08. The Morgan fingerprint density at radius 3 is 2.24 bits per heavy atom. The Morgan fingerprint density at radius 2 is 1.60 bits per heavy atom. The summed E-state index contributed by atoms with van der Waals surface area (Å²) in [6, 6.07) is 13.5. The van der Waals surface area contributed by atoms with Gasteiger partial charge < -0.3 is 10.6 Å². The highest BCUT2D eigenvalue weighted by Gasteiger charge is 2.08. The van der Waals surface area contributed by atoms with Crippen molar-refractivity contribution in [1.29, 1.82) is 0 Å². The zero-order valence-electron chi connectivity index (χ0n) is 13.9. The van der Waals surface area contributed by atoms with Crippen LogP contribution in [0.3, 0.4) is 0 Å². The van der Waals surface area contributed by atoms with Gasteiger partial charge in [-0.2, -0.15) is 0 Å². The average Bonchev–Trinajstić information content (AvgIpc) is 2.61. The number of nitrogens with zero attached hydrogens (tertiary/aromatic N) is 2. The lowest BCUT2D eigenvalue weighted by Crippen LogP contribution is -2.13. The summed E-state index contributed by atoms with van der Waals surface area (Å²) in [6.45, 7) is 4.02. The molecule has 1 amide bonds. The Bertz CT molecular complexity index is 892. The van der Waals surface area contributed by atoms with E-state index in [9.17, 15) is 4.79 Å². The van der Waals surface area contributed by atoms with E-state index in [2.05, 4.69) is 36.5 Å². The molecule has 0 atom stereocenters. The summed E-state index contributed by atoms with van der Waals surface area (Å²) in [4.78, 5) is 20.6. The van der Waals surface area contributed by atoms with Gasteiger partial charge >= 0.3 is 0 Å². The molecule has 1 aromatic heterocycles. The van der Waals surface area contributed by atoms with Gasteiger partial charge in [-0.25, -0.2) is 9.97 Å². The van der Waals surface area contributed by atoms with Crippen LogP contribution < -0.4 is 10.6 Å². The van der Waals surface area contributed by atoms with Crippen molar-refractivity contribution in [3.63, 3.8) is 0 Å². The molecule has 0 saturated heterocycles. The predicted molar refractivity (Wildman–Crippen MR) is 103 cm³/mol. The van der Waals surface area contributed by atoms with Crippen LogP contribution in [0.25, 0.3) is 0 Å². The van der Waals surface area contributed by atoms with Crippen LogP contribution in [0.4, 0.5) is 17.3 Å². The van der Waals surface area contributed by atoms with Gasteiger partial charge in [0, 0.05) is 28.2 Å². The van der Waals surface area contributed by atoms with Crippen molar-refractivity contribution >= 4 is 39.2 Å². The zero-order chi connectivity index (χ0) is 17.8. The standard InChI is InChI=1S/C19H17BrN4O/c1-12-3-6-15(7-4-12)23-18(25)14-10-21-19(22-11-14)24-16-8-5-13(2)17(20)9-16/h3-11H,1-2H3,(H,23,25)(H,21,22,24). The second-order valence-corrected chi connectivity index (χ2v) is 6.56. The number of nitrogens with one attached hydrogen (secondary N) is 2. The molecule has 25 heavy (non-hydrogen) atoms. The van der Waals surface area contributed by atoms with Gasteiger partial charge in [0.1, 0.15) is 0 Å². The molecule has 0 bridgehead atoms. The van der Waals surface area contributed by atoms with Crippen molar-refractivity contribution in [3.8, 4) is 0 Å².